The lowest BCUT2D eigenvalue weighted by atomic mass is 10.1. The Morgan fingerprint density at radius 1 is 1.04 bits per heavy atom. The zero-order valence-electron chi connectivity index (χ0n) is 16.0. The second-order valence-corrected chi connectivity index (χ2v) is 8.37. The Kier molecular flexibility index (Phi) is 5.76. The Bertz CT molecular complexity index is 949. The average molecular weight is 393 g/mol. The van der Waals surface area contributed by atoms with Gasteiger partial charge in [0.15, 0.2) is 0 Å². The van der Waals surface area contributed by atoms with Gasteiger partial charge in [0.2, 0.25) is 5.91 Å². The van der Waals surface area contributed by atoms with Crippen LogP contribution in [-0.2, 0) is 4.79 Å². The van der Waals surface area contributed by atoms with Crippen LogP contribution in [0.3, 0.4) is 0 Å². The van der Waals surface area contributed by atoms with E-state index in [0.717, 1.165) is 34.7 Å². The number of benzene rings is 2. The number of para-hydroxylation sites is 1. The van der Waals surface area contributed by atoms with Crippen LogP contribution < -0.4 is 10.2 Å². The zero-order valence-corrected chi connectivity index (χ0v) is 16.8. The molecule has 0 spiro atoms. The van der Waals surface area contributed by atoms with Gasteiger partial charge in [-0.2, -0.15) is 0 Å². The maximum absolute atomic E-state index is 12.7. The first-order chi connectivity index (χ1) is 13.7. The number of amides is 1. The fourth-order valence-electron chi connectivity index (χ4n) is 3.45. The maximum atomic E-state index is 12.7. The highest BCUT2D eigenvalue weighted by Crippen LogP contribution is 2.28. The summed E-state index contributed by atoms with van der Waals surface area (Å²) in [6, 6.07) is 16.0. The van der Waals surface area contributed by atoms with Gasteiger partial charge in [-0.05, 0) is 56.5 Å². The van der Waals surface area contributed by atoms with Gasteiger partial charge in [-0.25, -0.2) is 9.97 Å². The summed E-state index contributed by atoms with van der Waals surface area (Å²) in [6.07, 6.45) is 5.38. The number of anilines is 2. The van der Waals surface area contributed by atoms with Gasteiger partial charge in [-0.3, -0.25) is 4.79 Å². The fraction of sp³-hybridized carbons (Fsp3) is 0.318. The summed E-state index contributed by atoms with van der Waals surface area (Å²) in [6.45, 7) is 4.14. The average Bonchev–Trinajstić information content (AvgIpc) is 2.75. The normalized spacial score (nSPS) is 15.4. The molecule has 1 fully saturated rings. The molecular weight excluding hydrogens is 368 g/mol. The molecule has 0 radical (unpaired) electrons. The zero-order chi connectivity index (χ0) is 19.3. The lowest BCUT2D eigenvalue weighted by Gasteiger charge is -2.28. The molecule has 144 valence electrons. The van der Waals surface area contributed by atoms with E-state index in [9.17, 15) is 4.79 Å². The molecule has 0 bridgehead atoms. The molecule has 0 saturated carbocycles. The number of rotatable bonds is 5. The number of hydrogen-bond donors (Lipinski definition) is 1. The minimum Gasteiger partial charge on any atom is -0.372 e. The van der Waals surface area contributed by atoms with Gasteiger partial charge >= 0.3 is 0 Å². The molecule has 4 rings (SSSR count). The third kappa shape index (κ3) is 4.28. The Labute approximate surface area is 169 Å². The number of fused-ring (bicyclic) bond motifs is 1. The first-order valence-corrected chi connectivity index (χ1v) is 10.6. The number of hydrogen-bond acceptors (Lipinski definition) is 5. The highest BCUT2D eigenvalue weighted by Gasteiger charge is 2.17. The van der Waals surface area contributed by atoms with Gasteiger partial charge in [0.25, 0.3) is 0 Å². The van der Waals surface area contributed by atoms with Crippen molar-refractivity contribution in [3.05, 3.63) is 54.9 Å². The van der Waals surface area contributed by atoms with Gasteiger partial charge < -0.3 is 10.2 Å². The molecule has 3 aromatic rings. The van der Waals surface area contributed by atoms with E-state index in [2.05, 4.69) is 32.3 Å². The fourth-order valence-corrected chi connectivity index (χ4v) is 4.35. The van der Waals surface area contributed by atoms with Crippen molar-refractivity contribution in [2.45, 2.75) is 36.5 Å². The SMILES string of the molecule is C[C@@H](Sc1ncnc2ccccc12)C(=O)Nc1ccc(N2CCCCC2)cc1. The van der Waals surface area contributed by atoms with E-state index in [1.807, 2.05) is 43.3 Å². The molecule has 2 heterocycles. The van der Waals surface area contributed by atoms with Crippen molar-refractivity contribution in [3.8, 4) is 0 Å². The Morgan fingerprint density at radius 2 is 1.79 bits per heavy atom. The van der Waals surface area contributed by atoms with Crippen LogP contribution in [0.4, 0.5) is 11.4 Å². The van der Waals surface area contributed by atoms with Crippen LogP contribution in [0.2, 0.25) is 0 Å². The molecule has 6 heteroatoms. The number of nitrogens with zero attached hydrogens (tertiary/aromatic N) is 3. The number of aromatic nitrogens is 2. The van der Waals surface area contributed by atoms with Crippen molar-refractivity contribution in [2.75, 3.05) is 23.3 Å². The summed E-state index contributed by atoms with van der Waals surface area (Å²) in [7, 11) is 0. The molecule has 1 amide bonds. The molecule has 1 aliphatic heterocycles. The summed E-state index contributed by atoms with van der Waals surface area (Å²) >= 11 is 1.45. The third-order valence-electron chi connectivity index (χ3n) is 5.02. The van der Waals surface area contributed by atoms with E-state index in [1.54, 1.807) is 6.33 Å². The van der Waals surface area contributed by atoms with Crippen LogP contribution in [-0.4, -0.2) is 34.2 Å². The summed E-state index contributed by atoms with van der Waals surface area (Å²) in [4.78, 5) is 23.7. The van der Waals surface area contributed by atoms with Crippen LogP contribution in [0.5, 0.6) is 0 Å². The Morgan fingerprint density at radius 3 is 2.57 bits per heavy atom. The van der Waals surface area contributed by atoms with Gasteiger partial charge in [0.1, 0.15) is 11.4 Å². The van der Waals surface area contributed by atoms with Crippen molar-refractivity contribution in [1.82, 2.24) is 9.97 Å². The Hall–Kier alpha value is -2.60. The molecule has 1 aromatic heterocycles. The third-order valence-corrected chi connectivity index (χ3v) is 6.14. The summed E-state index contributed by atoms with van der Waals surface area (Å²) in [5.41, 5.74) is 2.94. The van der Waals surface area contributed by atoms with Crippen LogP contribution >= 0.6 is 11.8 Å². The molecule has 5 nitrogen and oxygen atoms in total. The second-order valence-electron chi connectivity index (χ2n) is 7.04. The molecule has 2 aromatic carbocycles. The van der Waals surface area contributed by atoms with Gasteiger partial charge in [-0.15, -0.1) is 0 Å². The second kappa shape index (κ2) is 8.61. The number of nitrogens with one attached hydrogen (secondary N) is 1. The molecule has 0 unspecified atom stereocenters. The molecule has 0 aliphatic carbocycles. The van der Waals surface area contributed by atoms with E-state index >= 15 is 0 Å². The predicted octanol–water partition coefficient (Wildman–Crippen LogP) is 4.74. The van der Waals surface area contributed by atoms with E-state index in [-0.39, 0.29) is 11.2 Å². The quantitative estimate of drug-likeness (QED) is 0.502. The van der Waals surface area contributed by atoms with Crippen molar-refractivity contribution in [2.24, 2.45) is 0 Å². The number of carbonyl (C=O) groups is 1. The van der Waals surface area contributed by atoms with Crippen LogP contribution in [0, 0.1) is 0 Å². The van der Waals surface area contributed by atoms with E-state index in [0.29, 0.717) is 0 Å². The van der Waals surface area contributed by atoms with Crippen molar-refractivity contribution < 1.29 is 4.79 Å². The van der Waals surface area contributed by atoms with E-state index < -0.39 is 0 Å². The highest BCUT2D eigenvalue weighted by atomic mass is 32.2. The standard InChI is InChI=1S/C22H24N4OS/c1-16(28-22-19-7-3-4-8-20(19)23-15-24-22)21(27)25-17-9-11-18(12-10-17)26-13-5-2-6-14-26/h3-4,7-12,15-16H,2,5-6,13-14H2,1H3,(H,25,27)/t16-/m1/s1. The van der Waals surface area contributed by atoms with E-state index in [1.165, 1.54) is 36.7 Å². The number of carbonyl (C=O) groups excluding carboxylic acids is 1. The van der Waals surface area contributed by atoms with Gasteiger partial charge in [0, 0.05) is 29.9 Å². The van der Waals surface area contributed by atoms with Crippen molar-refractivity contribution in [3.63, 3.8) is 0 Å². The van der Waals surface area contributed by atoms with Gasteiger partial charge in [-0.1, -0.05) is 30.0 Å². The first kappa shape index (κ1) is 18.7. The lowest BCUT2D eigenvalue weighted by Crippen LogP contribution is -2.29. The largest absolute Gasteiger partial charge is 0.372 e. The number of piperidine rings is 1. The molecule has 1 atom stereocenters. The molecule has 1 saturated heterocycles. The van der Waals surface area contributed by atoms with Crippen molar-refractivity contribution in [1.29, 1.82) is 0 Å². The summed E-state index contributed by atoms with van der Waals surface area (Å²) in [5.74, 6) is -0.0292. The van der Waals surface area contributed by atoms with Crippen LogP contribution in [0.1, 0.15) is 26.2 Å². The maximum Gasteiger partial charge on any atom is 0.237 e. The first-order valence-electron chi connectivity index (χ1n) is 9.73. The molecule has 28 heavy (non-hydrogen) atoms. The van der Waals surface area contributed by atoms with Crippen LogP contribution in [0.25, 0.3) is 10.9 Å². The molecular formula is C22H24N4OS. The predicted molar refractivity (Wildman–Crippen MR) is 116 cm³/mol. The molecule has 1 aliphatic rings. The smallest absolute Gasteiger partial charge is 0.237 e. The van der Waals surface area contributed by atoms with E-state index in [4.69, 9.17) is 0 Å². The van der Waals surface area contributed by atoms with Gasteiger partial charge in [0.05, 0.1) is 10.8 Å². The topological polar surface area (TPSA) is 58.1 Å². The minimum absolute atomic E-state index is 0.0292. The van der Waals surface area contributed by atoms with Crippen molar-refractivity contribution >= 4 is 39.9 Å². The summed E-state index contributed by atoms with van der Waals surface area (Å²) < 4.78 is 0. The lowest BCUT2D eigenvalue weighted by molar-refractivity contribution is -0.115. The number of thioether (sulfide) groups is 1. The monoisotopic (exact) mass is 392 g/mol. The summed E-state index contributed by atoms with van der Waals surface area (Å²) in [5, 5.41) is 4.55. The molecule has 1 N–H and O–H groups in total. The minimum atomic E-state index is -0.264. The highest BCUT2D eigenvalue weighted by molar-refractivity contribution is 8.00. The van der Waals surface area contributed by atoms with Crippen LogP contribution in [0.15, 0.2) is 59.9 Å². The Balaban J connectivity index is 1.40.